The second-order valence-electron chi connectivity index (χ2n) is 16.1. The van der Waals surface area contributed by atoms with Gasteiger partial charge in [-0.15, -0.1) is 11.3 Å². The van der Waals surface area contributed by atoms with Crippen molar-refractivity contribution in [1.82, 2.24) is 24.9 Å². The maximum Gasteiger partial charge on any atom is 0.408 e. The van der Waals surface area contributed by atoms with Crippen molar-refractivity contribution in [3.05, 3.63) is 51.8 Å². The molecule has 56 heavy (non-hydrogen) atoms. The van der Waals surface area contributed by atoms with Gasteiger partial charge in [0.05, 0.1) is 49.2 Å². The summed E-state index contributed by atoms with van der Waals surface area (Å²) in [5.74, 6) is -1.76. The van der Waals surface area contributed by atoms with Gasteiger partial charge in [0.25, 0.3) is 0 Å². The van der Waals surface area contributed by atoms with Crippen molar-refractivity contribution in [3.8, 4) is 16.5 Å². The Morgan fingerprint density at radius 1 is 1.04 bits per heavy atom. The van der Waals surface area contributed by atoms with Gasteiger partial charge in [0, 0.05) is 12.8 Å². The number of allylic oxidation sites excluding steroid dienone is 2. The number of Topliss-reactive ketones (excluding diaryl/α,β-unsaturated/α-hetero) is 1. The SMILES string of the molecule is CC(C)(C)OC(=O)N[C@H]1CCCCC/C=C\[C@@H]2C[C@@]2(C(=O)NS(=O)(=O)C2CC2)CC(=O)[C@@H]2C[C@@H](Oc3nc4cc(Cl)c(Cl)cc4nc3-c3cccs3)CN2C1=O. The van der Waals surface area contributed by atoms with Crippen LogP contribution < -0.4 is 14.8 Å². The molecule has 1 aromatic carbocycles. The molecule has 5 atom stereocenters. The van der Waals surface area contributed by atoms with E-state index in [0.29, 0.717) is 60.3 Å². The molecule has 0 spiro atoms. The van der Waals surface area contributed by atoms with Crippen LogP contribution in [0, 0.1) is 11.3 Å². The van der Waals surface area contributed by atoms with Gasteiger partial charge < -0.3 is 19.7 Å². The third-order valence-corrected chi connectivity index (χ3v) is 14.0. The number of nitrogens with one attached hydrogen (secondary N) is 2. The first kappa shape index (κ1) is 40.4. The third-order valence-electron chi connectivity index (χ3n) is 10.6. The fourth-order valence-corrected chi connectivity index (χ4v) is 9.89. The molecule has 2 aliphatic carbocycles. The molecule has 17 heteroatoms. The smallest absolute Gasteiger partial charge is 0.408 e. The molecule has 0 bridgehead atoms. The fourth-order valence-electron chi connectivity index (χ4n) is 7.49. The van der Waals surface area contributed by atoms with Crippen molar-refractivity contribution in [1.29, 1.82) is 0 Å². The van der Waals surface area contributed by atoms with Crippen LogP contribution in [0.4, 0.5) is 4.79 Å². The predicted octanol–water partition coefficient (Wildman–Crippen LogP) is 7.00. The number of nitrogens with zero attached hydrogens (tertiary/aromatic N) is 3. The quantitative estimate of drug-likeness (QED) is 0.236. The van der Waals surface area contributed by atoms with Crippen molar-refractivity contribution >= 4 is 79.3 Å². The normalized spacial score (nSPS) is 26.7. The first-order valence-electron chi connectivity index (χ1n) is 19.0. The van der Waals surface area contributed by atoms with Crippen LogP contribution in [-0.4, -0.2) is 82.6 Å². The Morgan fingerprint density at radius 3 is 2.45 bits per heavy atom. The number of halogens is 2. The Morgan fingerprint density at radius 2 is 1.77 bits per heavy atom. The number of hydrogen-bond acceptors (Lipinski definition) is 11. The maximum absolute atomic E-state index is 14.6. The molecule has 7 rings (SSSR count). The monoisotopic (exact) mass is 845 g/mol. The third kappa shape index (κ3) is 9.00. The lowest BCUT2D eigenvalue weighted by molar-refractivity contribution is -0.140. The molecule has 3 amide bonds. The van der Waals surface area contributed by atoms with Crippen LogP contribution in [-0.2, 0) is 29.1 Å². The zero-order chi connectivity index (χ0) is 40.0. The molecule has 3 fully saturated rings. The molecule has 4 aliphatic rings. The van der Waals surface area contributed by atoms with Gasteiger partial charge in [0.15, 0.2) is 5.78 Å². The van der Waals surface area contributed by atoms with Crippen molar-refractivity contribution < 1.29 is 37.1 Å². The number of alkyl carbamates (subject to hydrolysis) is 1. The highest BCUT2D eigenvalue weighted by molar-refractivity contribution is 7.90. The first-order chi connectivity index (χ1) is 26.5. The highest BCUT2D eigenvalue weighted by atomic mass is 35.5. The molecule has 0 radical (unpaired) electrons. The number of fused-ring (bicyclic) bond motifs is 3. The average molecular weight is 847 g/mol. The molecule has 4 heterocycles. The van der Waals surface area contributed by atoms with E-state index >= 15 is 0 Å². The minimum Gasteiger partial charge on any atom is -0.471 e. The van der Waals surface area contributed by atoms with E-state index in [0.717, 1.165) is 17.7 Å². The molecule has 2 saturated carbocycles. The second-order valence-corrected chi connectivity index (χ2v) is 19.9. The Balaban J connectivity index is 1.23. The summed E-state index contributed by atoms with van der Waals surface area (Å²) in [6.45, 7) is 5.15. The van der Waals surface area contributed by atoms with Gasteiger partial charge in [0.1, 0.15) is 23.4 Å². The Labute approximate surface area is 339 Å². The number of benzene rings is 1. The van der Waals surface area contributed by atoms with Gasteiger partial charge in [-0.1, -0.05) is 54.3 Å². The van der Waals surface area contributed by atoms with Crippen molar-refractivity contribution in [2.45, 2.75) is 114 Å². The molecular weight excluding hydrogens is 801 g/mol. The van der Waals surface area contributed by atoms with Crippen molar-refractivity contribution in [2.24, 2.45) is 11.3 Å². The minimum atomic E-state index is -3.87. The number of carbonyl (C=O) groups excluding carboxylic acids is 4. The van der Waals surface area contributed by atoms with E-state index in [9.17, 15) is 27.6 Å². The molecular formula is C39H45Cl2N5O8S2. The van der Waals surface area contributed by atoms with Crippen LogP contribution in [0.3, 0.4) is 0 Å². The van der Waals surface area contributed by atoms with Gasteiger partial charge in [-0.25, -0.2) is 23.2 Å². The standard InChI is InChI=1S/C39H45Cl2N5O8S2/c1-38(2,3)54-37(50)44-27-11-8-6-4-5-7-10-22-19-39(22,36(49)45-56(51,52)24-13-14-24)20-31(47)30-16-23(21-46(30)35(27)48)53-34-33(32-12-9-15-55-32)42-28-17-25(40)26(41)18-29(28)43-34/h7,9-10,12,15,17-18,22-24,27,30H,4-6,8,11,13-14,16,19-21H2,1-3H3,(H,44,50)(H,45,49)/b10-7-/t22-,23-,27+,30+,39-/m1/s1. The maximum atomic E-state index is 14.6. The Kier molecular flexibility index (Phi) is 11.4. The number of thiophene rings is 1. The van der Waals surface area contributed by atoms with E-state index < -0.39 is 68.2 Å². The fraction of sp³-hybridized carbons (Fsp3) is 0.538. The summed E-state index contributed by atoms with van der Waals surface area (Å²) in [6, 6.07) is 4.89. The highest BCUT2D eigenvalue weighted by Gasteiger charge is 2.61. The van der Waals surface area contributed by atoms with E-state index in [1.807, 2.05) is 29.7 Å². The molecule has 1 saturated heterocycles. The summed E-state index contributed by atoms with van der Waals surface area (Å²) in [5, 5.41) is 4.63. The molecule has 13 nitrogen and oxygen atoms in total. The van der Waals surface area contributed by atoms with E-state index in [4.69, 9.17) is 42.6 Å². The number of ether oxygens (including phenoxy) is 2. The molecule has 2 aliphatic heterocycles. The lowest BCUT2D eigenvalue weighted by Crippen LogP contribution is -2.53. The van der Waals surface area contributed by atoms with Crippen LogP contribution >= 0.6 is 34.5 Å². The number of hydrogen-bond donors (Lipinski definition) is 2. The molecule has 3 aromatic rings. The lowest BCUT2D eigenvalue weighted by Gasteiger charge is -2.30. The van der Waals surface area contributed by atoms with Gasteiger partial charge in [0.2, 0.25) is 27.7 Å². The van der Waals surface area contributed by atoms with Gasteiger partial charge >= 0.3 is 6.09 Å². The minimum absolute atomic E-state index is 0.0364. The number of sulfonamides is 1. The van der Waals surface area contributed by atoms with Crippen LogP contribution in [0.5, 0.6) is 5.88 Å². The molecule has 0 unspecified atom stereocenters. The average Bonchev–Trinajstić information content (AvgIpc) is 3.98. The molecule has 2 aromatic heterocycles. The van der Waals surface area contributed by atoms with Gasteiger partial charge in [-0.05, 0) is 88.8 Å². The Hall–Kier alpha value is -3.79. The van der Waals surface area contributed by atoms with E-state index in [1.165, 1.54) is 16.2 Å². The summed E-state index contributed by atoms with van der Waals surface area (Å²) in [4.78, 5) is 67.8. The Bertz CT molecular complexity index is 2170. The molecule has 2 N–H and O–H groups in total. The van der Waals surface area contributed by atoms with E-state index in [-0.39, 0.29) is 36.2 Å². The summed E-state index contributed by atoms with van der Waals surface area (Å²) in [7, 11) is -3.87. The van der Waals surface area contributed by atoms with Crippen LogP contribution in [0.2, 0.25) is 10.0 Å². The van der Waals surface area contributed by atoms with Gasteiger partial charge in [-0.2, -0.15) is 0 Å². The van der Waals surface area contributed by atoms with Crippen LogP contribution in [0.1, 0.15) is 85.0 Å². The highest BCUT2D eigenvalue weighted by Crippen LogP contribution is 2.57. The predicted molar refractivity (Wildman–Crippen MR) is 213 cm³/mol. The largest absolute Gasteiger partial charge is 0.471 e. The lowest BCUT2D eigenvalue weighted by atomic mass is 9.91. The number of aromatic nitrogens is 2. The summed E-state index contributed by atoms with van der Waals surface area (Å²) >= 11 is 14.1. The summed E-state index contributed by atoms with van der Waals surface area (Å²) < 4.78 is 40.2. The van der Waals surface area contributed by atoms with E-state index in [2.05, 4.69) is 10.0 Å². The van der Waals surface area contributed by atoms with Crippen LogP contribution in [0.15, 0.2) is 41.8 Å². The van der Waals surface area contributed by atoms with Crippen molar-refractivity contribution in [3.63, 3.8) is 0 Å². The molecule has 300 valence electrons. The summed E-state index contributed by atoms with van der Waals surface area (Å²) in [5.41, 5.74) is -0.732. The number of carbonyl (C=O) groups is 4. The number of amides is 3. The summed E-state index contributed by atoms with van der Waals surface area (Å²) in [6.07, 6.45) is 6.59. The number of rotatable bonds is 7. The first-order valence-corrected chi connectivity index (χ1v) is 22.1. The number of ketones is 1. The zero-order valence-electron chi connectivity index (χ0n) is 31.4. The van der Waals surface area contributed by atoms with Crippen LogP contribution in [0.25, 0.3) is 21.6 Å². The topological polar surface area (TPSA) is 174 Å². The zero-order valence-corrected chi connectivity index (χ0v) is 34.5. The van der Waals surface area contributed by atoms with Crippen molar-refractivity contribution in [2.75, 3.05) is 6.54 Å². The van der Waals surface area contributed by atoms with Gasteiger partial charge in [-0.3, -0.25) is 19.1 Å². The second kappa shape index (κ2) is 15.9. The van der Waals surface area contributed by atoms with E-state index in [1.54, 1.807) is 32.9 Å².